The molecule has 10 heteroatoms. The number of hydrogen-bond donors (Lipinski definition) is 3. The summed E-state index contributed by atoms with van der Waals surface area (Å²) in [5, 5.41) is 12.7. The van der Waals surface area contributed by atoms with E-state index in [1.807, 2.05) is 45.0 Å². The van der Waals surface area contributed by atoms with Crippen LogP contribution in [-0.4, -0.2) is 54.6 Å². The lowest BCUT2D eigenvalue weighted by molar-refractivity contribution is -0.191. The second kappa shape index (κ2) is 13.1. The van der Waals surface area contributed by atoms with Crippen LogP contribution in [0, 0.1) is 6.92 Å². The number of nitrogen functional groups attached to an aromatic ring is 1. The van der Waals surface area contributed by atoms with Crippen LogP contribution in [-0.2, 0) is 9.59 Å². The first kappa shape index (κ1) is 28.1. The van der Waals surface area contributed by atoms with E-state index in [9.17, 15) is 4.79 Å². The Morgan fingerprint density at radius 3 is 2.50 bits per heavy atom. The van der Waals surface area contributed by atoms with Crippen LogP contribution in [0.2, 0.25) is 0 Å². The Hall–Kier alpha value is -4.14. The molecule has 0 saturated carbocycles. The first-order chi connectivity index (χ1) is 17.1. The van der Waals surface area contributed by atoms with Crippen LogP contribution in [0.15, 0.2) is 42.5 Å². The second-order valence-electron chi connectivity index (χ2n) is 8.50. The topological polar surface area (TPSA) is 150 Å². The number of nitrogens with one attached hydrogen (secondary N) is 1. The number of methoxy groups -OCH3 is 1. The summed E-state index contributed by atoms with van der Waals surface area (Å²) in [5.74, 6) is 1.32. The minimum atomic E-state index is -0.671. The first-order valence-corrected chi connectivity index (χ1v) is 11.2. The predicted molar refractivity (Wildman–Crippen MR) is 133 cm³/mol. The van der Waals surface area contributed by atoms with Crippen LogP contribution >= 0.6 is 0 Å². The van der Waals surface area contributed by atoms with Crippen LogP contribution < -0.4 is 25.3 Å². The number of nitrogens with zero attached hydrogens (tertiary/aromatic N) is 1. The van der Waals surface area contributed by atoms with Gasteiger partial charge in [-0.25, -0.2) is 0 Å². The molecule has 0 aliphatic heterocycles. The van der Waals surface area contributed by atoms with Crippen molar-refractivity contribution < 1.29 is 33.7 Å². The van der Waals surface area contributed by atoms with E-state index in [0.29, 0.717) is 41.5 Å². The van der Waals surface area contributed by atoms with Crippen molar-refractivity contribution in [1.29, 1.82) is 0 Å². The van der Waals surface area contributed by atoms with Crippen LogP contribution in [0.3, 0.4) is 0 Å². The third kappa shape index (κ3) is 7.69. The third-order valence-corrected chi connectivity index (χ3v) is 4.98. The molecule has 1 heterocycles. The highest BCUT2D eigenvalue weighted by Crippen LogP contribution is 2.31. The number of hydrogen-bond acceptors (Lipinski definition) is 9. The van der Waals surface area contributed by atoms with Crippen molar-refractivity contribution in [1.82, 2.24) is 10.3 Å². The maximum absolute atomic E-state index is 12.9. The van der Waals surface area contributed by atoms with Gasteiger partial charge in [0.15, 0.2) is 11.5 Å². The van der Waals surface area contributed by atoms with Crippen LogP contribution in [0.25, 0.3) is 10.9 Å². The number of benzene rings is 2. The van der Waals surface area contributed by atoms with Gasteiger partial charge in [0.1, 0.15) is 12.4 Å². The van der Waals surface area contributed by atoms with Crippen molar-refractivity contribution in [2.75, 3.05) is 32.7 Å². The van der Waals surface area contributed by atoms with Crippen molar-refractivity contribution in [3.8, 4) is 17.2 Å². The van der Waals surface area contributed by atoms with Crippen LogP contribution in [0.1, 0.15) is 36.3 Å². The SMILES string of the molecule is COc1cc(C(=O)NC(C)(C)COc2cccc3nc(C)cc(N)c23)ccc1OCCCO.O=C=O. The number of aliphatic hydroxyl groups is 1. The zero-order chi connectivity index (χ0) is 26.7. The Bertz CT molecular complexity index is 1220. The number of fused-ring (bicyclic) bond motifs is 1. The van der Waals surface area contributed by atoms with Crippen molar-refractivity contribution in [2.24, 2.45) is 0 Å². The van der Waals surface area contributed by atoms with Gasteiger partial charge in [-0.2, -0.15) is 9.59 Å². The van der Waals surface area contributed by atoms with Gasteiger partial charge in [0.05, 0.1) is 30.2 Å². The molecule has 192 valence electrons. The molecule has 2 aromatic carbocycles. The molecule has 3 aromatic rings. The highest BCUT2D eigenvalue weighted by atomic mass is 16.5. The summed E-state index contributed by atoms with van der Waals surface area (Å²) in [6.07, 6.45) is 0.762. The lowest BCUT2D eigenvalue weighted by Gasteiger charge is -2.27. The standard InChI is InChI=1S/C25H31N3O5.CO2/c1-16-13-18(26)23-19(27-16)7-5-8-21(23)33-15-25(2,3)28-24(30)17-9-10-20(22(14-17)31-4)32-12-6-11-29;2-1-3/h5,7-10,13-14,29H,6,11-12,15H2,1-4H3,(H2,26,27)(H,28,30);. The van der Waals surface area contributed by atoms with Gasteiger partial charge in [-0.05, 0) is 57.2 Å². The van der Waals surface area contributed by atoms with E-state index in [1.165, 1.54) is 7.11 Å². The average molecular weight is 498 g/mol. The zero-order valence-corrected chi connectivity index (χ0v) is 20.8. The fraction of sp³-hybridized carbons (Fsp3) is 0.346. The number of anilines is 1. The summed E-state index contributed by atoms with van der Waals surface area (Å²) >= 11 is 0. The van der Waals surface area contributed by atoms with Crippen LogP contribution in [0.4, 0.5) is 5.69 Å². The van der Waals surface area contributed by atoms with Gasteiger partial charge < -0.3 is 30.4 Å². The van der Waals surface area contributed by atoms with Crippen molar-refractivity contribution in [3.05, 3.63) is 53.7 Å². The molecule has 0 aliphatic carbocycles. The van der Waals surface area contributed by atoms with E-state index in [2.05, 4.69) is 10.3 Å². The van der Waals surface area contributed by atoms with Crippen molar-refractivity contribution in [2.45, 2.75) is 32.7 Å². The highest BCUT2D eigenvalue weighted by molar-refractivity contribution is 5.96. The Morgan fingerprint density at radius 1 is 1.11 bits per heavy atom. The first-order valence-electron chi connectivity index (χ1n) is 11.2. The van der Waals surface area contributed by atoms with Gasteiger partial charge in [-0.15, -0.1) is 0 Å². The summed E-state index contributed by atoms with van der Waals surface area (Å²) in [6.45, 7) is 6.28. The molecule has 0 bridgehead atoms. The number of nitrogens with two attached hydrogens (primary N) is 1. The molecule has 3 rings (SSSR count). The molecule has 0 atom stereocenters. The fourth-order valence-electron chi connectivity index (χ4n) is 3.39. The number of aromatic nitrogens is 1. The molecule has 1 aromatic heterocycles. The molecule has 0 saturated heterocycles. The molecular weight excluding hydrogens is 466 g/mol. The number of ether oxygens (including phenoxy) is 3. The largest absolute Gasteiger partial charge is 0.493 e. The normalized spacial score (nSPS) is 10.6. The Balaban J connectivity index is 0.00000145. The van der Waals surface area contributed by atoms with Gasteiger partial charge in [-0.3, -0.25) is 9.78 Å². The minimum Gasteiger partial charge on any atom is -0.493 e. The number of rotatable bonds is 10. The molecule has 10 nitrogen and oxygen atoms in total. The van der Waals surface area contributed by atoms with E-state index in [1.54, 1.807) is 18.2 Å². The molecule has 36 heavy (non-hydrogen) atoms. The predicted octanol–water partition coefficient (Wildman–Crippen LogP) is 2.90. The average Bonchev–Trinajstić information content (AvgIpc) is 2.83. The monoisotopic (exact) mass is 497 g/mol. The number of aryl methyl sites for hydroxylation is 1. The zero-order valence-electron chi connectivity index (χ0n) is 20.8. The van der Waals surface area contributed by atoms with Gasteiger partial charge >= 0.3 is 6.15 Å². The number of aliphatic hydroxyl groups excluding tert-OH is 1. The molecule has 0 spiro atoms. The van der Waals surface area contributed by atoms with Crippen molar-refractivity contribution >= 4 is 28.6 Å². The van der Waals surface area contributed by atoms with E-state index < -0.39 is 5.54 Å². The smallest absolute Gasteiger partial charge is 0.373 e. The van der Waals surface area contributed by atoms with Gasteiger partial charge in [0, 0.05) is 30.0 Å². The third-order valence-electron chi connectivity index (χ3n) is 4.98. The molecule has 0 aliphatic rings. The quantitative estimate of drug-likeness (QED) is 0.359. The van der Waals surface area contributed by atoms with Crippen molar-refractivity contribution in [3.63, 3.8) is 0 Å². The van der Waals surface area contributed by atoms with E-state index in [0.717, 1.165) is 16.6 Å². The molecular formula is C26H31N3O7. The maximum Gasteiger partial charge on any atom is 0.373 e. The lowest BCUT2D eigenvalue weighted by atomic mass is 10.1. The molecule has 1 amide bonds. The number of carbonyl (C=O) groups excluding carboxylic acids is 3. The van der Waals surface area contributed by atoms with E-state index in [4.69, 9.17) is 34.6 Å². The summed E-state index contributed by atoms with van der Waals surface area (Å²) < 4.78 is 17.0. The van der Waals surface area contributed by atoms with E-state index >= 15 is 0 Å². The van der Waals surface area contributed by atoms with Gasteiger partial charge in [0.25, 0.3) is 5.91 Å². The summed E-state index contributed by atoms with van der Waals surface area (Å²) in [4.78, 5) is 33.7. The molecule has 0 unspecified atom stereocenters. The fourth-order valence-corrected chi connectivity index (χ4v) is 3.39. The number of pyridine rings is 1. The maximum atomic E-state index is 12.9. The Labute approximate surface area is 209 Å². The molecule has 0 fully saturated rings. The second-order valence-corrected chi connectivity index (χ2v) is 8.50. The Morgan fingerprint density at radius 2 is 1.83 bits per heavy atom. The van der Waals surface area contributed by atoms with E-state index in [-0.39, 0.29) is 25.3 Å². The summed E-state index contributed by atoms with van der Waals surface area (Å²) in [6, 6.07) is 12.4. The summed E-state index contributed by atoms with van der Waals surface area (Å²) in [7, 11) is 1.51. The van der Waals surface area contributed by atoms with Gasteiger partial charge in [0.2, 0.25) is 0 Å². The molecule has 4 N–H and O–H groups in total. The van der Waals surface area contributed by atoms with Crippen LogP contribution in [0.5, 0.6) is 17.2 Å². The number of carbonyl (C=O) groups is 1. The number of amides is 1. The lowest BCUT2D eigenvalue weighted by Crippen LogP contribution is -2.47. The van der Waals surface area contributed by atoms with Gasteiger partial charge in [-0.1, -0.05) is 6.07 Å². The highest BCUT2D eigenvalue weighted by Gasteiger charge is 2.24. The Kier molecular flexibility index (Phi) is 10.2. The minimum absolute atomic E-state index is 0.0431. The summed E-state index contributed by atoms with van der Waals surface area (Å²) in [5.41, 5.74) is 8.17. The molecule has 0 radical (unpaired) electrons.